The van der Waals surface area contributed by atoms with Gasteiger partial charge in [-0.15, -0.1) is 0 Å². The summed E-state index contributed by atoms with van der Waals surface area (Å²) in [5.41, 5.74) is 0.455. The maximum absolute atomic E-state index is 13.9. The molecular weight excluding hydrogens is 450 g/mol. The first kappa shape index (κ1) is 22.7. The van der Waals surface area contributed by atoms with Crippen LogP contribution in [0.25, 0.3) is 0 Å². The van der Waals surface area contributed by atoms with E-state index in [1.807, 2.05) is 12.1 Å². The second kappa shape index (κ2) is 10.0. The van der Waals surface area contributed by atoms with Crippen molar-refractivity contribution < 1.29 is 23.1 Å². The summed E-state index contributed by atoms with van der Waals surface area (Å²) in [6.07, 6.45) is 0.905. The molecule has 0 atom stereocenters. The number of ether oxygens (including phenoxy) is 1. The van der Waals surface area contributed by atoms with Gasteiger partial charge in [0, 0.05) is 30.8 Å². The fourth-order valence-electron chi connectivity index (χ4n) is 3.68. The van der Waals surface area contributed by atoms with Gasteiger partial charge >= 0.3 is 0 Å². The van der Waals surface area contributed by atoms with E-state index in [0.29, 0.717) is 54.2 Å². The number of rotatable bonds is 5. The van der Waals surface area contributed by atoms with Gasteiger partial charge in [0.2, 0.25) is 5.91 Å². The van der Waals surface area contributed by atoms with Crippen LogP contribution < -0.4 is 10.1 Å². The highest BCUT2D eigenvalue weighted by Gasteiger charge is 2.29. The van der Waals surface area contributed by atoms with E-state index in [1.54, 1.807) is 36.4 Å². The average Bonchev–Trinajstić information content (AvgIpc) is 2.81. The molecule has 1 heterocycles. The third kappa shape index (κ3) is 5.49. The molecule has 8 heteroatoms. The number of para-hydroxylation sites is 1. The van der Waals surface area contributed by atoms with Crippen LogP contribution in [0.5, 0.6) is 11.5 Å². The Labute approximate surface area is 194 Å². The number of halogens is 3. The van der Waals surface area contributed by atoms with E-state index >= 15 is 0 Å². The molecular formula is C25H21ClF2N2O3. The minimum absolute atomic E-state index is 0.144. The predicted octanol–water partition coefficient (Wildman–Crippen LogP) is 5.90. The smallest absolute Gasteiger partial charge is 0.256 e. The normalized spacial score (nSPS) is 14.1. The summed E-state index contributed by atoms with van der Waals surface area (Å²) in [6, 6.07) is 17.0. The third-order valence-corrected chi connectivity index (χ3v) is 5.81. The lowest BCUT2D eigenvalue weighted by Crippen LogP contribution is -2.41. The number of carbonyl (C=O) groups is 2. The minimum atomic E-state index is -0.887. The Bertz CT molecular complexity index is 1160. The van der Waals surface area contributed by atoms with Gasteiger partial charge in [-0.05, 0) is 61.4 Å². The van der Waals surface area contributed by atoms with Gasteiger partial charge in [-0.25, -0.2) is 8.78 Å². The van der Waals surface area contributed by atoms with Crippen molar-refractivity contribution in [3.63, 3.8) is 0 Å². The van der Waals surface area contributed by atoms with Crippen molar-refractivity contribution in [1.82, 2.24) is 4.90 Å². The van der Waals surface area contributed by atoms with E-state index < -0.39 is 17.5 Å². The maximum atomic E-state index is 13.9. The molecule has 3 aromatic carbocycles. The van der Waals surface area contributed by atoms with Crippen LogP contribution in [0.1, 0.15) is 23.2 Å². The molecule has 1 saturated heterocycles. The molecule has 4 rings (SSSR count). The Morgan fingerprint density at radius 2 is 1.67 bits per heavy atom. The molecule has 0 bridgehead atoms. The third-order valence-electron chi connectivity index (χ3n) is 5.50. The van der Waals surface area contributed by atoms with E-state index in [0.717, 1.165) is 12.1 Å². The van der Waals surface area contributed by atoms with E-state index in [9.17, 15) is 18.4 Å². The lowest BCUT2D eigenvalue weighted by molar-refractivity contribution is -0.121. The van der Waals surface area contributed by atoms with Crippen molar-refractivity contribution in [2.75, 3.05) is 18.4 Å². The van der Waals surface area contributed by atoms with Crippen molar-refractivity contribution >= 4 is 29.1 Å². The molecule has 0 saturated carbocycles. The fourth-order valence-corrected chi connectivity index (χ4v) is 3.86. The Balaban J connectivity index is 1.30. The van der Waals surface area contributed by atoms with Crippen molar-refractivity contribution in [2.24, 2.45) is 5.92 Å². The number of hydrogen-bond acceptors (Lipinski definition) is 3. The molecule has 170 valence electrons. The molecule has 1 N–H and O–H groups in total. The molecule has 33 heavy (non-hydrogen) atoms. The van der Waals surface area contributed by atoms with Crippen LogP contribution in [-0.4, -0.2) is 29.8 Å². The standard InChI is InChI=1S/C25H21ClF2N2O3/c26-21-3-1-2-4-23(21)33-19-8-6-18(7-9-19)29-24(31)16-11-13-30(14-12-16)25(32)20-10-5-17(27)15-22(20)28/h1-10,15-16H,11-14H2,(H,29,31). The van der Waals surface area contributed by atoms with Gasteiger partial charge in [-0.3, -0.25) is 9.59 Å². The van der Waals surface area contributed by atoms with E-state index in [4.69, 9.17) is 16.3 Å². The highest BCUT2D eigenvalue weighted by molar-refractivity contribution is 6.32. The molecule has 2 amide bonds. The minimum Gasteiger partial charge on any atom is -0.456 e. The summed E-state index contributed by atoms with van der Waals surface area (Å²) < 4.78 is 32.7. The zero-order valence-electron chi connectivity index (χ0n) is 17.6. The predicted molar refractivity (Wildman–Crippen MR) is 122 cm³/mol. The van der Waals surface area contributed by atoms with Crippen LogP contribution in [-0.2, 0) is 4.79 Å². The molecule has 3 aromatic rings. The quantitative estimate of drug-likeness (QED) is 0.505. The van der Waals surface area contributed by atoms with Crippen molar-refractivity contribution in [2.45, 2.75) is 12.8 Å². The zero-order chi connectivity index (χ0) is 23.4. The van der Waals surface area contributed by atoms with Gasteiger partial charge in [-0.2, -0.15) is 0 Å². The van der Waals surface area contributed by atoms with Crippen molar-refractivity contribution in [3.05, 3.63) is 89.0 Å². The number of anilines is 1. The fraction of sp³-hybridized carbons (Fsp3) is 0.200. The van der Waals surface area contributed by atoms with Crippen LogP contribution in [0.4, 0.5) is 14.5 Å². The number of likely N-dealkylation sites (tertiary alicyclic amines) is 1. The lowest BCUT2D eigenvalue weighted by Gasteiger charge is -2.31. The highest BCUT2D eigenvalue weighted by Crippen LogP contribution is 2.29. The number of nitrogens with zero attached hydrogens (tertiary/aromatic N) is 1. The molecule has 1 aliphatic heterocycles. The number of nitrogens with one attached hydrogen (secondary N) is 1. The Morgan fingerprint density at radius 3 is 2.33 bits per heavy atom. The van der Waals surface area contributed by atoms with Crippen LogP contribution in [0.15, 0.2) is 66.7 Å². The molecule has 5 nitrogen and oxygen atoms in total. The van der Waals surface area contributed by atoms with Gasteiger partial charge in [0.15, 0.2) is 0 Å². The summed E-state index contributed by atoms with van der Waals surface area (Å²) in [5, 5.41) is 3.38. The first-order chi connectivity index (χ1) is 15.9. The molecule has 0 aromatic heterocycles. The van der Waals surface area contributed by atoms with Gasteiger partial charge in [0.05, 0.1) is 10.6 Å². The molecule has 1 aliphatic rings. The second-order valence-corrected chi connectivity index (χ2v) is 8.14. The van der Waals surface area contributed by atoms with Crippen molar-refractivity contribution in [1.29, 1.82) is 0 Å². The first-order valence-electron chi connectivity index (χ1n) is 10.5. The number of benzene rings is 3. The Hall–Kier alpha value is -3.45. The summed E-state index contributed by atoms with van der Waals surface area (Å²) in [7, 11) is 0. The van der Waals surface area contributed by atoms with Crippen molar-refractivity contribution in [3.8, 4) is 11.5 Å². The Kier molecular flexibility index (Phi) is 6.89. The summed E-state index contributed by atoms with van der Waals surface area (Å²) in [6.45, 7) is 0.636. The first-order valence-corrected chi connectivity index (χ1v) is 10.9. The van der Waals surface area contributed by atoms with Gasteiger partial charge < -0.3 is 15.0 Å². The average molecular weight is 471 g/mol. The van der Waals surface area contributed by atoms with Gasteiger partial charge in [-0.1, -0.05) is 23.7 Å². The van der Waals surface area contributed by atoms with Gasteiger partial charge in [0.1, 0.15) is 23.1 Å². The Morgan fingerprint density at radius 1 is 0.970 bits per heavy atom. The topological polar surface area (TPSA) is 58.6 Å². The van der Waals surface area contributed by atoms with E-state index in [1.165, 1.54) is 4.90 Å². The summed E-state index contributed by atoms with van der Waals surface area (Å²) >= 11 is 6.10. The number of amides is 2. The lowest BCUT2D eigenvalue weighted by atomic mass is 9.95. The number of piperidine rings is 1. The second-order valence-electron chi connectivity index (χ2n) is 7.74. The van der Waals surface area contributed by atoms with Crippen LogP contribution in [0.2, 0.25) is 5.02 Å². The molecule has 0 aliphatic carbocycles. The largest absolute Gasteiger partial charge is 0.456 e. The zero-order valence-corrected chi connectivity index (χ0v) is 18.3. The SMILES string of the molecule is O=C(Nc1ccc(Oc2ccccc2Cl)cc1)C1CCN(C(=O)c2ccc(F)cc2F)CC1. The molecule has 0 spiro atoms. The number of carbonyl (C=O) groups excluding carboxylic acids is 2. The van der Waals surface area contributed by atoms with Crippen LogP contribution in [0, 0.1) is 17.6 Å². The van der Waals surface area contributed by atoms with Crippen LogP contribution in [0.3, 0.4) is 0 Å². The maximum Gasteiger partial charge on any atom is 0.256 e. The summed E-state index contributed by atoms with van der Waals surface area (Å²) in [4.78, 5) is 26.7. The number of hydrogen-bond donors (Lipinski definition) is 1. The monoisotopic (exact) mass is 470 g/mol. The summed E-state index contributed by atoms with van der Waals surface area (Å²) in [5.74, 6) is -1.41. The highest BCUT2D eigenvalue weighted by atomic mass is 35.5. The molecule has 1 fully saturated rings. The molecule has 0 unspecified atom stereocenters. The molecule has 0 radical (unpaired) electrons. The van der Waals surface area contributed by atoms with E-state index in [2.05, 4.69) is 5.32 Å². The van der Waals surface area contributed by atoms with Gasteiger partial charge in [0.25, 0.3) is 5.91 Å². The van der Waals surface area contributed by atoms with Crippen LogP contribution >= 0.6 is 11.6 Å². The van der Waals surface area contributed by atoms with E-state index in [-0.39, 0.29) is 17.4 Å².